The second kappa shape index (κ2) is 28.6. The van der Waals surface area contributed by atoms with E-state index in [9.17, 15) is 14.4 Å². The number of nitrogens with zero attached hydrogens (tertiary/aromatic N) is 4. The first kappa shape index (κ1) is 48.7. The highest BCUT2D eigenvalue weighted by atomic mass is 32.2. The van der Waals surface area contributed by atoms with Gasteiger partial charge in [0.15, 0.2) is 6.61 Å². The van der Waals surface area contributed by atoms with Gasteiger partial charge in [-0.25, -0.2) is 0 Å². The van der Waals surface area contributed by atoms with Gasteiger partial charge in [-0.1, -0.05) is 101 Å². The zero-order valence-corrected chi connectivity index (χ0v) is 36.0. The minimum absolute atomic E-state index is 0.139. The van der Waals surface area contributed by atoms with E-state index in [0.29, 0.717) is 33.0 Å². The SMILES string of the molecule is CCO/C(C)=N\OCC(=O)Nc1cc(C(=O)NCCOCCOCCN=[N+]=[N-])cc(C(=O)NCCOCCOCCSC(c2ccccc2)(c2ccccc2)c2ccccc2)c1. The van der Waals surface area contributed by atoms with Crippen LogP contribution in [0.15, 0.2) is 119 Å². The van der Waals surface area contributed by atoms with Crippen LogP contribution in [0.5, 0.6) is 0 Å². The van der Waals surface area contributed by atoms with Crippen LogP contribution in [0.4, 0.5) is 5.69 Å². The van der Waals surface area contributed by atoms with Gasteiger partial charge in [0, 0.05) is 54.0 Å². The summed E-state index contributed by atoms with van der Waals surface area (Å²) in [6, 6.07) is 35.9. The molecular weight excluding hydrogens is 815 g/mol. The molecule has 0 spiro atoms. The molecule has 0 aliphatic rings. The predicted molar refractivity (Wildman–Crippen MR) is 239 cm³/mol. The monoisotopic (exact) mass is 869 g/mol. The van der Waals surface area contributed by atoms with Crippen molar-refractivity contribution in [3.05, 3.63) is 147 Å². The molecule has 17 heteroatoms. The number of benzene rings is 4. The van der Waals surface area contributed by atoms with Crippen molar-refractivity contribution in [3.8, 4) is 0 Å². The van der Waals surface area contributed by atoms with Crippen LogP contribution < -0.4 is 16.0 Å². The molecule has 0 saturated heterocycles. The molecule has 0 unspecified atom stereocenters. The Balaban J connectivity index is 1.25. The highest BCUT2D eigenvalue weighted by molar-refractivity contribution is 8.00. The lowest BCUT2D eigenvalue weighted by molar-refractivity contribution is -0.120. The Bertz CT molecular complexity index is 1930. The normalized spacial score (nSPS) is 11.3. The Morgan fingerprint density at radius 3 is 1.65 bits per heavy atom. The molecule has 3 amide bonds. The lowest BCUT2D eigenvalue weighted by atomic mass is 9.84. The fourth-order valence-electron chi connectivity index (χ4n) is 6.07. The first-order valence-corrected chi connectivity index (χ1v) is 21.3. The van der Waals surface area contributed by atoms with Crippen LogP contribution in [0, 0.1) is 0 Å². The Hall–Kier alpha value is -5.94. The minimum atomic E-state index is -0.561. The molecule has 4 aromatic carbocycles. The second-order valence-electron chi connectivity index (χ2n) is 13.2. The molecule has 16 nitrogen and oxygen atoms in total. The number of amides is 3. The molecule has 0 aliphatic heterocycles. The van der Waals surface area contributed by atoms with Crippen molar-refractivity contribution < 1.29 is 42.9 Å². The van der Waals surface area contributed by atoms with Gasteiger partial charge in [0.2, 0.25) is 5.90 Å². The van der Waals surface area contributed by atoms with Crippen LogP contribution in [-0.2, 0) is 38.1 Å². The summed E-state index contributed by atoms with van der Waals surface area (Å²) in [5, 5.41) is 15.3. The molecule has 4 aromatic rings. The van der Waals surface area contributed by atoms with Crippen molar-refractivity contribution in [1.29, 1.82) is 0 Å². The van der Waals surface area contributed by atoms with Gasteiger partial charge in [-0.2, -0.15) is 0 Å². The fourth-order valence-corrected chi connectivity index (χ4v) is 7.49. The van der Waals surface area contributed by atoms with Crippen LogP contribution in [0.3, 0.4) is 0 Å². The van der Waals surface area contributed by atoms with E-state index in [1.165, 1.54) is 34.9 Å². The lowest BCUT2D eigenvalue weighted by Crippen LogP contribution is -2.30. The Morgan fingerprint density at radius 1 is 0.677 bits per heavy atom. The van der Waals surface area contributed by atoms with E-state index in [1.54, 1.807) is 13.8 Å². The summed E-state index contributed by atoms with van der Waals surface area (Å²) >= 11 is 1.83. The highest BCUT2D eigenvalue weighted by Gasteiger charge is 2.36. The van der Waals surface area contributed by atoms with Gasteiger partial charge in [-0.05, 0) is 47.3 Å². The van der Waals surface area contributed by atoms with E-state index in [2.05, 4.69) is 104 Å². The first-order valence-electron chi connectivity index (χ1n) is 20.3. The van der Waals surface area contributed by atoms with Crippen molar-refractivity contribution >= 4 is 41.1 Å². The number of carbonyl (C=O) groups is 3. The number of nitrogens with one attached hydrogen (secondary N) is 3. The maximum Gasteiger partial charge on any atom is 0.265 e. The van der Waals surface area contributed by atoms with Gasteiger partial charge < -0.3 is 44.5 Å². The Kier molecular flexibility index (Phi) is 22.4. The summed E-state index contributed by atoms with van der Waals surface area (Å²) in [5.74, 6) is -0.518. The van der Waals surface area contributed by atoms with Gasteiger partial charge in [-0.15, -0.1) is 11.8 Å². The van der Waals surface area contributed by atoms with Crippen molar-refractivity contribution in [3.63, 3.8) is 0 Å². The number of oxime groups is 1. The highest BCUT2D eigenvalue weighted by Crippen LogP contribution is 2.48. The summed E-state index contributed by atoms with van der Waals surface area (Å²) in [6.45, 7) is 6.47. The third kappa shape index (κ3) is 16.8. The molecule has 0 bridgehead atoms. The summed E-state index contributed by atoms with van der Waals surface area (Å²) in [7, 11) is 0. The number of thioether (sulfide) groups is 1. The maximum absolute atomic E-state index is 13.3. The van der Waals surface area contributed by atoms with Gasteiger partial charge in [-0.3, -0.25) is 14.4 Å². The third-order valence-corrected chi connectivity index (χ3v) is 10.3. The second-order valence-corrected chi connectivity index (χ2v) is 14.5. The topological polar surface area (TPSA) is 204 Å². The standard InChI is InChI=1S/C45H55N7O9S/c1-3-60-35(2)51-61-34-42(53)50-41-32-36(43(54)47-19-22-56-25-26-58-24-21-49-52-46)31-37(33-41)44(55)48-20-23-57-27-28-59-29-30-62-45(38-13-7-4-8-14-38,39-15-9-5-10-16-39)40-17-11-6-12-18-40/h4-18,31-33H,3,19-30,34H2,1-2H3,(H,47,54)(H,48,55)(H,50,53)/b51-35-. The summed E-state index contributed by atoms with van der Waals surface area (Å²) in [6.07, 6.45) is 0. The molecule has 0 heterocycles. The largest absolute Gasteiger partial charge is 0.479 e. The van der Waals surface area contributed by atoms with E-state index < -0.39 is 29.1 Å². The van der Waals surface area contributed by atoms with Crippen LogP contribution in [-0.4, -0.2) is 115 Å². The summed E-state index contributed by atoms with van der Waals surface area (Å²) in [4.78, 5) is 46.7. The number of hydrogen-bond donors (Lipinski definition) is 3. The Morgan fingerprint density at radius 2 is 1.16 bits per heavy atom. The van der Waals surface area contributed by atoms with Crippen LogP contribution in [0.25, 0.3) is 10.4 Å². The number of ether oxygens (including phenoxy) is 5. The molecule has 4 rings (SSSR count). The molecule has 0 atom stereocenters. The zero-order chi connectivity index (χ0) is 44.1. The van der Waals surface area contributed by atoms with Gasteiger partial charge in [0.1, 0.15) is 0 Å². The Labute approximate surface area is 366 Å². The van der Waals surface area contributed by atoms with Crippen molar-refractivity contribution in [2.24, 2.45) is 10.3 Å². The van der Waals surface area contributed by atoms with Gasteiger partial charge in [0.25, 0.3) is 17.7 Å². The molecule has 0 fully saturated rings. The van der Waals surface area contributed by atoms with E-state index in [-0.39, 0.29) is 68.8 Å². The molecule has 330 valence electrons. The van der Waals surface area contributed by atoms with Crippen molar-refractivity contribution in [1.82, 2.24) is 10.6 Å². The fraction of sp³-hybridized carbons (Fsp3) is 0.378. The van der Waals surface area contributed by atoms with Crippen molar-refractivity contribution in [2.45, 2.75) is 18.6 Å². The van der Waals surface area contributed by atoms with E-state index in [0.717, 1.165) is 5.75 Å². The molecule has 0 aromatic heterocycles. The third-order valence-electron chi connectivity index (χ3n) is 8.78. The van der Waals surface area contributed by atoms with E-state index in [4.69, 9.17) is 34.1 Å². The summed E-state index contributed by atoms with van der Waals surface area (Å²) < 4.78 is 27.2. The smallest absolute Gasteiger partial charge is 0.265 e. The van der Waals surface area contributed by atoms with E-state index in [1.807, 2.05) is 30.0 Å². The zero-order valence-electron chi connectivity index (χ0n) is 35.2. The first-order chi connectivity index (χ1) is 30.4. The average Bonchev–Trinajstić information content (AvgIpc) is 3.29. The van der Waals surface area contributed by atoms with Crippen LogP contribution in [0.2, 0.25) is 0 Å². The summed E-state index contributed by atoms with van der Waals surface area (Å²) in [5.41, 5.74) is 12.4. The number of hydrogen-bond acceptors (Lipinski definition) is 12. The predicted octanol–water partition coefficient (Wildman–Crippen LogP) is 6.57. The van der Waals surface area contributed by atoms with Gasteiger partial charge >= 0.3 is 0 Å². The number of azide groups is 1. The molecule has 0 radical (unpaired) electrons. The average molecular weight is 870 g/mol. The quantitative estimate of drug-likeness (QED) is 0.00783. The van der Waals surface area contributed by atoms with E-state index >= 15 is 0 Å². The number of carbonyl (C=O) groups excluding carboxylic acids is 3. The molecule has 62 heavy (non-hydrogen) atoms. The number of anilines is 1. The molecule has 0 aliphatic carbocycles. The lowest BCUT2D eigenvalue weighted by Gasteiger charge is -2.35. The minimum Gasteiger partial charge on any atom is -0.479 e. The maximum atomic E-state index is 13.3. The van der Waals surface area contributed by atoms with Crippen molar-refractivity contribution in [2.75, 3.05) is 96.8 Å². The molecular formula is C45H55N7O9S. The number of rotatable bonds is 29. The molecule has 0 saturated carbocycles. The van der Waals surface area contributed by atoms with Crippen LogP contribution >= 0.6 is 11.8 Å². The molecule has 3 N–H and O–H groups in total. The van der Waals surface area contributed by atoms with Gasteiger partial charge in [0.05, 0.1) is 64.2 Å². The van der Waals surface area contributed by atoms with Crippen LogP contribution in [0.1, 0.15) is 51.3 Å².